The summed E-state index contributed by atoms with van der Waals surface area (Å²) in [5.41, 5.74) is 0.982. The number of hydrogen-bond acceptors (Lipinski definition) is 5. The SMILES string of the molecule is Cc1nc(NC(=O)CN2CCOC(C)C2)sc1C. The highest BCUT2D eigenvalue weighted by Crippen LogP contribution is 2.20. The molecular formula is C12H19N3O2S. The Kier molecular flexibility index (Phi) is 4.31. The molecule has 100 valence electrons. The van der Waals surface area contributed by atoms with E-state index in [0.717, 1.165) is 23.7 Å². The third-order valence-electron chi connectivity index (χ3n) is 2.97. The molecule has 2 rings (SSSR count). The third kappa shape index (κ3) is 3.51. The first kappa shape index (κ1) is 13.5. The van der Waals surface area contributed by atoms with Crippen molar-refractivity contribution in [1.82, 2.24) is 9.88 Å². The van der Waals surface area contributed by atoms with Crippen molar-refractivity contribution >= 4 is 22.4 Å². The van der Waals surface area contributed by atoms with Crippen LogP contribution in [-0.2, 0) is 9.53 Å². The van der Waals surface area contributed by atoms with Gasteiger partial charge >= 0.3 is 0 Å². The van der Waals surface area contributed by atoms with E-state index >= 15 is 0 Å². The van der Waals surface area contributed by atoms with E-state index in [-0.39, 0.29) is 12.0 Å². The van der Waals surface area contributed by atoms with Gasteiger partial charge in [-0.3, -0.25) is 9.69 Å². The van der Waals surface area contributed by atoms with E-state index in [1.165, 1.54) is 11.3 Å². The number of nitrogens with zero attached hydrogens (tertiary/aromatic N) is 2. The van der Waals surface area contributed by atoms with E-state index in [4.69, 9.17) is 4.74 Å². The quantitative estimate of drug-likeness (QED) is 0.901. The first-order valence-electron chi connectivity index (χ1n) is 6.12. The molecule has 1 aliphatic rings. The van der Waals surface area contributed by atoms with Crippen LogP contribution in [0.15, 0.2) is 0 Å². The van der Waals surface area contributed by atoms with Crippen molar-refractivity contribution < 1.29 is 9.53 Å². The Morgan fingerprint density at radius 1 is 1.61 bits per heavy atom. The zero-order valence-electron chi connectivity index (χ0n) is 11.0. The number of carbonyl (C=O) groups excluding carboxylic acids is 1. The number of amides is 1. The Balaban J connectivity index is 1.84. The molecule has 1 N–H and O–H groups in total. The fourth-order valence-corrected chi connectivity index (χ4v) is 2.75. The number of carbonyl (C=O) groups is 1. The van der Waals surface area contributed by atoms with Gasteiger partial charge in [0.25, 0.3) is 0 Å². The lowest BCUT2D eigenvalue weighted by atomic mass is 10.3. The Hall–Kier alpha value is -0.980. The Labute approximate surface area is 111 Å². The maximum Gasteiger partial charge on any atom is 0.240 e. The van der Waals surface area contributed by atoms with Gasteiger partial charge in [-0.15, -0.1) is 11.3 Å². The molecule has 1 atom stereocenters. The monoisotopic (exact) mass is 269 g/mol. The van der Waals surface area contributed by atoms with Crippen molar-refractivity contribution in [2.24, 2.45) is 0 Å². The molecule has 1 aromatic rings. The molecule has 1 unspecified atom stereocenters. The lowest BCUT2D eigenvalue weighted by molar-refractivity contribution is -0.119. The smallest absolute Gasteiger partial charge is 0.240 e. The molecule has 0 saturated carbocycles. The van der Waals surface area contributed by atoms with E-state index in [1.807, 2.05) is 20.8 Å². The van der Waals surface area contributed by atoms with Crippen molar-refractivity contribution in [3.63, 3.8) is 0 Å². The van der Waals surface area contributed by atoms with Gasteiger partial charge in [-0.25, -0.2) is 4.98 Å². The number of anilines is 1. The molecule has 0 aliphatic carbocycles. The Morgan fingerprint density at radius 3 is 3.00 bits per heavy atom. The first-order chi connectivity index (χ1) is 8.54. The average Bonchev–Trinajstić information content (AvgIpc) is 2.57. The minimum atomic E-state index is -0.00199. The average molecular weight is 269 g/mol. The van der Waals surface area contributed by atoms with Crippen molar-refractivity contribution in [1.29, 1.82) is 0 Å². The highest BCUT2D eigenvalue weighted by molar-refractivity contribution is 7.15. The highest BCUT2D eigenvalue weighted by atomic mass is 32.1. The van der Waals surface area contributed by atoms with E-state index < -0.39 is 0 Å². The summed E-state index contributed by atoms with van der Waals surface area (Å²) in [5.74, 6) is -0.00199. The predicted octanol–water partition coefficient (Wildman–Crippen LogP) is 1.42. The van der Waals surface area contributed by atoms with Crippen LogP contribution in [0.25, 0.3) is 0 Å². The fraction of sp³-hybridized carbons (Fsp3) is 0.667. The van der Waals surface area contributed by atoms with Gasteiger partial charge in [0, 0.05) is 18.0 Å². The lowest BCUT2D eigenvalue weighted by Crippen LogP contribution is -2.44. The van der Waals surface area contributed by atoms with Crippen molar-refractivity contribution in [3.8, 4) is 0 Å². The molecule has 2 heterocycles. The molecular weight excluding hydrogens is 250 g/mol. The number of hydrogen-bond donors (Lipinski definition) is 1. The lowest BCUT2D eigenvalue weighted by Gasteiger charge is -2.30. The summed E-state index contributed by atoms with van der Waals surface area (Å²) in [6.07, 6.45) is 0.205. The Bertz CT molecular complexity index is 413. The summed E-state index contributed by atoms with van der Waals surface area (Å²) in [5, 5.41) is 3.54. The maximum atomic E-state index is 11.9. The molecule has 1 amide bonds. The molecule has 18 heavy (non-hydrogen) atoms. The minimum Gasteiger partial charge on any atom is -0.376 e. The maximum absolute atomic E-state index is 11.9. The number of aromatic nitrogens is 1. The van der Waals surface area contributed by atoms with Crippen LogP contribution in [-0.4, -0.2) is 48.1 Å². The molecule has 1 fully saturated rings. The number of morpholine rings is 1. The van der Waals surface area contributed by atoms with Crippen LogP contribution in [0.3, 0.4) is 0 Å². The van der Waals surface area contributed by atoms with Gasteiger partial charge in [0.2, 0.25) is 5.91 Å². The van der Waals surface area contributed by atoms with Crippen LogP contribution >= 0.6 is 11.3 Å². The van der Waals surface area contributed by atoms with E-state index in [1.54, 1.807) is 0 Å². The molecule has 5 nitrogen and oxygen atoms in total. The summed E-state index contributed by atoms with van der Waals surface area (Å²) in [7, 11) is 0. The van der Waals surface area contributed by atoms with Crippen LogP contribution < -0.4 is 5.32 Å². The largest absolute Gasteiger partial charge is 0.376 e. The number of aryl methyl sites for hydroxylation is 2. The zero-order valence-corrected chi connectivity index (χ0v) is 11.8. The van der Waals surface area contributed by atoms with Crippen LogP contribution in [0.4, 0.5) is 5.13 Å². The molecule has 0 aromatic carbocycles. The predicted molar refractivity (Wildman–Crippen MR) is 72.1 cm³/mol. The van der Waals surface area contributed by atoms with Crippen molar-refractivity contribution in [2.75, 3.05) is 31.6 Å². The number of thiazole rings is 1. The molecule has 0 bridgehead atoms. The summed E-state index contributed by atoms with van der Waals surface area (Å²) in [6.45, 7) is 8.71. The van der Waals surface area contributed by atoms with Crippen LogP contribution in [0, 0.1) is 13.8 Å². The second-order valence-electron chi connectivity index (χ2n) is 4.63. The molecule has 6 heteroatoms. The van der Waals surface area contributed by atoms with Gasteiger partial charge in [-0.1, -0.05) is 0 Å². The fourth-order valence-electron chi connectivity index (χ4n) is 1.92. The minimum absolute atomic E-state index is 0.00199. The topological polar surface area (TPSA) is 54.5 Å². The standard InChI is InChI=1S/C12H19N3O2S/c1-8-6-15(4-5-17-8)7-11(16)14-12-13-9(2)10(3)18-12/h8H,4-7H2,1-3H3,(H,13,14,16). The normalized spacial score (nSPS) is 20.9. The molecule has 1 aromatic heterocycles. The molecule has 0 spiro atoms. The van der Waals surface area contributed by atoms with Crippen molar-refractivity contribution in [3.05, 3.63) is 10.6 Å². The highest BCUT2D eigenvalue weighted by Gasteiger charge is 2.19. The number of nitrogens with one attached hydrogen (secondary N) is 1. The second kappa shape index (κ2) is 5.77. The van der Waals surface area contributed by atoms with Crippen molar-refractivity contribution in [2.45, 2.75) is 26.9 Å². The van der Waals surface area contributed by atoms with Crippen LogP contribution in [0.5, 0.6) is 0 Å². The third-order valence-corrected chi connectivity index (χ3v) is 3.96. The summed E-state index contributed by atoms with van der Waals surface area (Å²) in [6, 6.07) is 0. The molecule has 0 radical (unpaired) electrons. The van der Waals surface area contributed by atoms with Gasteiger partial charge in [-0.05, 0) is 20.8 Å². The van der Waals surface area contributed by atoms with E-state index in [2.05, 4.69) is 15.2 Å². The zero-order chi connectivity index (χ0) is 13.1. The van der Waals surface area contributed by atoms with Gasteiger partial charge < -0.3 is 10.1 Å². The van der Waals surface area contributed by atoms with Gasteiger partial charge in [0.1, 0.15) is 0 Å². The summed E-state index contributed by atoms with van der Waals surface area (Å²) >= 11 is 1.52. The molecule has 1 saturated heterocycles. The Morgan fingerprint density at radius 2 is 2.39 bits per heavy atom. The van der Waals surface area contributed by atoms with Crippen LogP contribution in [0.2, 0.25) is 0 Å². The summed E-state index contributed by atoms with van der Waals surface area (Å²) in [4.78, 5) is 19.4. The van der Waals surface area contributed by atoms with Gasteiger partial charge in [0.05, 0.1) is 24.9 Å². The van der Waals surface area contributed by atoms with Gasteiger partial charge in [-0.2, -0.15) is 0 Å². The first-order valence-corrected chi connectivity index (χ1v) is 6.94. The number of rotatable bonds is 3. The van der Waals surface area contributed by atoms with E-state index in [0.29, 0.717) is 18.3 Å². The van der Waals surface area contributed by atoms with E-state index in [9.17, 15) is 4.79 Å². The molecule has 1 aliphatic heterocycles. The second-order valence-corrected chi connectivity index (χ2v) is 5.83. The van der Waals surface area contributed by atoms with Crippen LogP contribution in [0.1, 0.15) is 17.5 Å². The summed E-state index contributed by atoms with van der Waals surface area (Å²) < 4.78 is 5.44. The van der Waals surface area contributed by atoms with Gasteiger partial charge in [0.15, 0.2) is 5.13 Å². The number of ether oxygens (including phenoxy) is 1.